The molecule has 6 nitrogen and oxygen atoms in total. The van der Waals surface area contributed by atoms with Crippen molar-refractivity contribution < 1.29 is 13.2 Å². The number of nitrogens with zero attached hydrogens (tertiary/aromatic N) is 1. The van der Waals surface area contributed by atoms with Crippen molar-refractivity contribution in [2.75, 3.05) is 19.6 Å². The zero-order valence-corrected chi connectivity index (χ0v) is 12.2. The van der Waals surface area contributed by atoms with Crippen molar-refractivity contribution in [3.8, 4) is 0 Å². The SMILES string of the molecule is CC1CCN(S(=O)(=O)N[C@H]2CCCCNC2=O)CC1. The van der Waals surface area contributed by atoms with E-state index in [-0.39, 0.29) is 5.91 Å². The first kappa shape index (κ1) is 14.7. The molecule has 0 saturated carbocycles. The third kappa shape index (κ3) is 3.90. The largest absolute Gasteiger partial charge is 0.355 e. The molecule has 2 saturated heterocycles. The summed E-state index contributed by atoms with van der Waals surface area (Å²) in [5.41, 5.74) is 0. The quantitative estimate of drug-likeness (QED) is 0.780. The highest BCUT2D eigenvalue weighted by Crippen LogP contribution is 2.18. The molecule has 2 rings (SSSR count). The zero-order valence-electron chi connectivity index (χ0n) is 11.4. The first-order valence-electron chi connectivity index (χ1n) is 7.04. The normalized spacial score (nSPS) is 27.8. The van der Waals surface area contributed by atoms with E-state index in [0.29, 0.717) is 32.0 Å². The lowest BCUT2D eigenvalue weighted by Gasteiger charge is -2.30. The molecular formula is C12H23N3O3S. The predicted octanol–water partition coefficient (Wildman–Crippen LogP) is 0.221. The molecule has 7 heteroatoms. The highest BCUT2D eigenvalue weighted by Gasteiger charge is 2.31. The number of carbonyl (C=O) groups is 1. The van der Waals surface area contributed by atoms with Crippen LogP contribution in [0, 0.1) is 5.92 Å². The van der Waals surface area contributed by atoms with E-state index in [4.69, 9.17) is 0 Å². The van der Waals surface area contributed by atoms with E-state index < -0.39 is 16.3 Å². The third-order valence-electron chi connectivity index (χ3n) is 3.91. The van der Waals surface area contributed by atoms with Gasteiger partial charge in [0.2, 0.25) is 5.91 Å². The van der Waals surface area contributed by atoms with Crippen LogP contribution in [0.25, 0.3) is 0 Å². The molecule has 2 aliphatic rings. The van der Waals surface area contributed by atoms with Crippen molar-refractivity contribution >= 4 is 16.1 Å². The summed E-state index contributed by atoms with van der Waals surface area (Å²) >= 11 is 0. The van der Waals surface area contributed by atoms with E-state index in [2.05, 4.69) is 17.0 Å². The van der Waals surface area contributed by atoms with Crippen LogP contribution in [-0.2, 0) is 15.0 Å². The molecule has 19 heavy (non-hydrogen) atoms. The average Bonchev–Trinajstić information content (AvgIpc) is 2.55. The Kier molecular flexibility index (Phi) is 4.81. The van der Waals surface area contributed by atoms with Gasteiger partial charge in [0, 0.05) is 19.6 Å². The Morgan fingerprint density at radius 2 is 1.89 bits per heavy atom. The van der Waals surface area contributed by atoms with Crippen LogP contribution in [0.3, 0.4) is 0 Å². The van der Waals surface area contributed by atoms with Gasteiger partial charge in [0.15, 0.2) is 0 Å². The number of amides is 1. The maximum absolute atomic E-state index is 12.3. The lowest BCUT2D eigenvalue weighted by Crippen LogP contribution is -2.52. The topological polar surface area (TPSA) is 78.5 Å². The lowest BCUT2D eigenvalue weighted by atomic mass is 10.0. The first-order chi connectivity index (χ1) is 8.99. The molecule has 0 unspecified atom stereocenters. The molecular weight excluding hydrogens is 266 g/mol. The van der Waals surface area contributed by atoms with E-state index in [1.165, 1.54) is 4.31 Å². The molecule has 1 amide bonds. The van der Waals surface area contributed by atoms with Crippen LogP contribution in [0.5, 0.6) is 0 Å². The zero-order chi connectivity index (χ0) is 13.9. The van der Waals surface area contributed by atoms with Crippen LogP contribution < -0.4 is 10.0 Å². The average molecular weight is 289 g/mol. The van der Waals surface area contributed by atoms with E-state index in [9.17, 15) is 13.2 Å². The Labute approximate surface area is 115 Å². The predicted molar refractivity (Wildman–Crippen MR) is 72.7 cm³/mol. The fourth-order valence-electron chi connectivity index (χ4n) is 2.53. The summed E-state index contributed by atoms with van der Waals surface area (Å²) in [6, 6.07) is -0.619. The summed E-state index contributed by atoms with van der Waals surface area (Å²) in [6.07, 6.45) is 4.12. The molecule has 0 bridgehead atoms. The third-order valence-corrected chi connectivity index (χ3v) is 5.54. The molecule has 0 radical (unpaired) electrons. The minimum absolute atomic E-state index is 0.202. The second-order valence-electron chi connectivity index (χ2n) is 5.54. The van der Waals surface area contributed by atoms with Crippen molar-refractivity contribution in [2.45, 2.75) is 45.1 Å². The number of nitrogens with one attached hydrogen (secondary N) is 2. The van der Waals surface area contributed by atoms with Gasteiger partial charge < -0.3 is 5.32 Å². The number of carbonyl (C=O) groups excluding carboxylic acids is 1. The van der Waals surface area contributed by atoms with E-state index >= 15 is 0 Å². The maximum Gasteiger partial charge on any atom is 0.280 e. The Hall–Kier alpha value is -0.660. The summed E-state index contributed by atoms with van der Waals surface area (Å²) < 4.78 is 28.5. The van der Waals surface area contributed by atoms with Gasteiger partial charge in [-0.25, -0.2) is 0 Å². The maximum atomic E-state index is 12.3. The van der Waals surface area contributed by atoms with E-state index in [0.717, 1.165) is 25.7 Å². The minimum Gasteiger partial charge on any atom is -0.355 e. The van der Waals surface area contributed by atoms with Gasteiger partial charge >= 0.3 is 0 Å². The molecule has 0 aliphatic carbocycles. The van der Waals surface area contributed by atoms with Gasteiger partial charge in [-0.2, -0.15) is 17.4 Å². The molecule has 0 aromatic heterocycles. The van der Waals surface area contributed by atoms with Crippen LogP contribution in [-0.4, -0.2) is 44.3 Å². The van der Waals surface area contributed by atoms with Crippen molar-refractivity contribution in [3.05, 3.63) is 0 Å². The van der Waals surface area contributed by atoms with Crippen LogP contribution >= 0.6 is 0 Å². The summed E-state index contributed by atoms with van der Waals surface area (Å²) in [5, 5.41) is 2.74. The van der Waals surface area contributed by atoms with Crippen LogP contribution in [0.4, 0.5) is 0 Å². The molecule has 1 atom stereocenters. The van der Waals surface area contributed by atoms with Gasteiger partial charge in [0.25, 0.3) is 10.2 Å². The van der Waals surface area contributed by atoms with Gasteiger partial charge in [0.05, 0.1) is 0 Å². The Balaban J connectivity index is 1.97. The van der Waals surface area contributed by atoms with E-state index in [1.807, 2.05) is 0 Å². The standard InChI is InChI=1S/C12H23N3O3S/c1-10-5-8-15(9-6-10)19(17,18)14-11-4-2-3-7-13-12(11)16/h10-11,14H,2-9H2,1H3,(H,13,16)/t11-/m0/s1. The minimum atomic E-state index is -3.53. The number of piperidine rings is 1. The highest BCUT2D eigenvalue weighted by atomic mass is 32.2. The fraction of sp³-hybridized carbons (Fsp3) is 0.917. The van der Waals surface area contributed by atoms with Crippen molar-refractivity contribution in [3.63, 3.8) is 0 Å². The van der Waals surface area contributed by atoms with Gasteiger partial charge in [-0.15, -0.1) is 0 Å². The number of hydrogen-bond donors (Lipinski definition) is 2. The second kappa shape index (κ2) is 6.19. The molecule has 2 N–H and O–H groups in total. The number of hydrogen-bond acceptors (Lipinski definition) is 3. The van der Waals surface area contributed by atoms with Gasteiger partial charge in [0.1, 0.15) is 6.04 Å². The molecule has 2 heterocycles. The smallest absolute Gasteiger partial charge is 0.280 e. The summed E-state index contributed by atoms with van der Waals surface area (Å²) in [7, 11) is -3.53. The molecule has 2 aliphatic heterocycles. The first-order valence-corrected chi connectivity index (χ1v) is 8.48. The van der Waals surface area contributed by atoms with Gasteiger partial charge in [-0.1, -0.05) is 6.92 Å². The lowest BCUT2D eigenvalue weighted by molar-refractivity contribution is -0.122. The van der Waals surface area contributed by atoms with Gasteiger partial charge in [-0.05, 0) is 38.0 Å². The number of rotatable bonds is 3. The molecule has 2 fully saturated rings. The Bertz CT molecular complexity index is 416. The highest BCUT2D eigenvalue weighted by molar-refractivity contribution is 7.87. The molecule has 110 valence electrons. The summed E-state index contributed by atoms with van der Waals surface area (Å²) in [6.45, 7) is 3.87. The second-order valence-corrected chi connectivity index (χ2v) is 7.25. The van der Waals surface area contributed by atoms with E-state index in [1.54, 1.807) is 0 Å². The van der Waals surface area contributed by atoms with Crippen LogP contribution in [0.2, 0.25) is 0 Å². The van der Waals surface area contributed by atoms with Crippen molar-refractivity contribution in [2.24, 2.45) is 5.92 Å². The fourth-order valence-corrected chi connectivity index (χ4v) is 3.96. The van der Waals surface area contributed by atoms with Crippen molar-refractivity contribution in [1.82, 2.24) is 14.3 Å². The molecule has 0 aromatic carbocycles. The van der Waals surface area contributed by atoms with Crippen LogP contribution in [0.15, 0.2) is 0 Å². The monoisotopic (exact) mass is 289 g/mol. The Morgan fingerprint density at radius 3 is 2.58 bits per heavy atom. The summed E-state index contributed by atoms with van der Waals surface area (Å²) in [4.78, 5) is 11.8. The Morgan fingerprint density at radius 1 is 1.21 bits per heavy atom. The summed E-state index contributed by atoms with van der Waals surface area (Å²) in [5.74, 6) is 0.374. The van der Waals surface area contributed by atoms with Crippen LogP contribution in [0.1, 0.15) is 39.0 Å². The molecule has 0 aromatic rings. The van der Waals surface area contributed by atoms with Crippen molar-refractivity contribution in [1.29, 1.82) is 0 Å². The molecule has 0 spiro atoms. The van der Waals surface area contributed by atoms with Gasteiger partial charge in [-0.3, -0.25) is 4.79 Å².